The maximum absolute atomic E-state index is 12.0. The Balaban J connectivity index is 1.48. The molecule has 1 aliphatic carbocycles. The number of imidazole rings is 1. The fourth-order valence-corrected chi connectivity index (χ4v) is 3.04. The smallest absolute Gasteiger partial charge is 0.224 e. The number of amides is 1. The van der Waals surface area contributed by atoms with Gasteiger partial charge in [-0.15, -0.1) is 0 Å². The van der Waals surface area contributed by atoms with E-state index in [9.17, 15) is 4.79 Å². The van der Waals surface area contributed by atoms with Gasteiger partial charge >= 0.3 is 0 Å². The molecule has 0 unspecified atom stereocenters. The number of carbonyl (C=O) groups excluding carboxylic acids is 1. The van der Waals surface area contributed by atoms with Gasteiger partial charge in [-0.25, -0.2) is 9.97 Å². The Hall–Kier alpha value is -2.17. The second-order valence-corrected chi connectivity index (χ2v) is 5.97. The third-order valence-corrected chi connectivity index (χ3v) is 4.30. The Bertz CT molecular complexity index is 586. The number of anilines is 1. The Morgan fingerprint density at radius 3 is 2.82 bits per heavy atom. The van der Waals surface area contributed by atoms with Gasteiger partial charge in [-0.1, -0.05) is 32.1 Å². The van der Waals surface area contributed by atoms with Gasteiger partial charge in [0.2, 0.25) is 5.91 Å². The predicted octanol–water partition coefficient (Wildman–Crippen LogP) is 3.57. The number of pyridine rings is 1. The minimum absolute atomic E-state index is 0.0859. The molecule has 5 heteroatoms. The zero-order valence-corrected chi connectivity index (χ0v) is 12.7. The monoisotopic (exact) mass is 298 g/mol. The third kappa shape index (κ3) is 3.93. The van der Waals surface area contributed by atoms with Crippen molar-refractivity contribution in [3.8, 4) is 5.82 Å². The largest absolute Gasteiger partial charge is 0.325 e. The van der Waals surface area contributed by atoms with Gasteiger partial charge in [0.25, 0.3) is 0 Å². The molecule has 0 aliphatic heterocycles. The van der Waals surface area contributed by atoms with Crippen molar-refractivity contribution in [3.05, 3.63) is 37.1 Å². The van der Waals surface area contributed by atoms with Gasteiger partial charge in [0.05, 0.1) is 11.9 Å². The highest BCUT2D eigenvalue weighted by molar-refractivity contribution is 5.90. The average molecular weight is 298 g/mol. The fraction of sp³-hybridized carbons (Fsp3) is 0.471. The Kier molecular flexibility index (Phi) is 4.83. The van der Waals surface area contributed by atoms with Gasteiger partial charge < -0.3 is 5.32 Å². The first-order chi connectivity index (χ1) is 10.8. The number of hydrogen-bond donors (Lipinski definition) is 1. The Morgan fingerprint density at radius 2 is 2.14 bits per heavy atom. The summed E-state index contributed by atoms with van der Waals surface area (Å²) in [4.78, 5) is 20.3. The van der Waals surface area contributed by atoms with Crippen LogP contribution in [0.25, 0.3) is 5.82 Å². The molecule has 0 saturated heterocycles. The van der Waals surface area contributed by atoms with Gasteiger partial charge in [-0.2, -0.15) is 0 Å². The lowest BCUT2D eigenvalue weighted by atomic mass is 9.86. The molecule has 2 heterocycles. The van der Waals surface area contributed by atoms with E-state index < -0.39 is 0 Å². The van der Waals surface area contributed by atoms with E-state index in [0.29, 0.717) is 6.42 Å². The third-order valence-electron chi connectivity index (χ3n) is 4.30. The molecule has 0 atom stereocenters. The molecule has 0 spiro atoms. The molecular formula is C17H22N4O. The van der Waals surface area contributed by atoms with Crippen LogP contribution >= 0.6 is 0 Å². The lowest BCUT2D eigenvalue weighted by molar-refractivity contribution is -0.116. The first-order valence-corrected chi connectivity index (χ1v) is 8.05. The van der Waals surface area contributed by atoms with Gasteiger partial charge in [0.15, 0.2) is 0 Å². The van der Waals surface area contributed by atoms with E-state index in [1.54, 1.807) is 18.7 Å². The van der Waals surface area contributed by atoms with E-state index in [0.717, 1.165) is 23.8 Å². The number of nitrogens with one attached hydrogen (secondary N) is 1. The molecule has 1 saturated carbocycles. The van der Waals surface area contributed by atoms with Crippen LogP contribution in [0.4, 0.5) is 5.69 Å². The zero-order chi connectivity index (χ0) is 15.2. The second kappa shape index (κ2) is 7.20. The molecule has 22 heavy (non-hydrogen) atoms. The second-order valence-electron chi connectivity index (χ2n) is 5.97. The average Bonchev–Trinajstić information content (AvgIpc) is 3.09. The summed E-state index contributed by atoms with van der Waals surface area (Å²) in [6, 6.07) is 3.75. The summed E-state index contributed by atoms with van der Waals surface area (Å²) in [5.41, 5.74) is 0.748. The molecule has 5 nitrogen and oxygen atoms in total. The summed E-state index contributed by atoms with van der Waals surface area (Å²) in [7, 11) is 0. The molecule has 1 amide bonds. The van der Waals surface area contributed by atoms with E-state index in [-0.39, 0.29) is 5.91 Å². The van der Waals surface area contributed by atoms with E-state index in [1.807, 2.05) is 22.9 Å². The van der Waals surface area contributed by atoms with Crippen LogP contribution in [0.2, 0.25) is 0 Å². The molecule has 2 aromatic rings. The van der Waals surface area contributed by atoms with Crippen LogP contribution in [0, 0.1) is 5.92 Å². The normalized spacial score (nSPS) is 15.6. The number of carbonyl (C=O) groups is 1. The van der Waals surface area contributed by atoms with Crippen LogP contribution < -0.4 is 5.32 Å². The van der Waals surface area contributed by atoms with Crippen LogP contribution in [0.5, 0.6) is 0 Å². The molecule has 0 bridgehead atoms. The maximum Gasteiger partial charge on any atom is 0.224 e. The minimum Gasteiger partial charge on any atom is -0.325 e. The number of hydrogen-bond acceptors (Lipinski definition) is 3. The van der Waals surface area contributed by atoms with E-state index in [4.69, 9.17) is 0 Å². The highest BCUT2D eigenvalue weighted by Gasteiger charge is 2.14. The molecule has 1 aliphatic rings. The standard InChI is InChI=1S/C17H22N4O/c22-17(9-6-14-4-2-1-3-5-14)20-15-7-8-16(19-12-15)21-11-10-18-13-21/h7-8,10-14H,1-6,9H2,(H,20,22). The van der Waals surface area contributed by atoms with E-state index in [2.05, 4.69) is 15.3 Å². The predicted molar refractivity (Wildman–Crippen MR) is 85.8 cm³/mol. The first kappa shape index (κ1) is 14.8. The summed E-state index contributed by atoms with van der Waals surface area (Å²) >= 11 is 0. The van der Waals surface area contributed by atoms with Crippen LogP contribution in [-0.2, 0) is 4.79 Å². The SMILES string of the molecule is O=C(CCC1CCCCC1)Nc1ccc(-n2ccnc2)nc1. The van der Waals surface area contributed by atoms with E-state index >= 15 is 0 Å². The van der Waals surface area contributed by atoms with Crippen molar-refractivity contribution in [2.75, 3.05) is 5.32 Å². The van der Waals surface area contributed by atoms with Crippen LogP contribution in [0.1, 0.15) is 44.9 Å². The quantitative estimate of drug-likeness (QED) is 0.918. The van der Waals surface area contributed by atoms with E-state index in [1.165, 1.54) is 32.1 Å². The van der Waals surface area contributed by atoms with Crippen molar-refractivity contribution in [1.29, 1.82) is 0 Å². The molecule has 3 rings (SSSR count). The zero-order valence-electron chi connectivity index (χ0n) is 12.7. The van der Waals surface area contributed by atoms with Crippen molar-refractivity contribution >= 4 is 11.6 Å². The summed E-state index contributed by atoms with van der Waals surface area (Å²) in [5.74, 6) is 1.61. The van der Waals surface area contributed by atoms with Crippen molar-refractivity contribution < 1.29 is 4.79 Å². The molecule has 0 aromatic carbocycles. The lowest BCUT2D eigenvalue weighted by Crippen LogP contribution is -2.15. The molecule has 116 valence electrons. The van der Waals surface area contributed by atoms with Crippen LogP contribution in [0.15, 0.2) is 37.1 Å². The van der Waals surface area contributed by atoms with Gasteiger partial charge in [-0.3, -0.25) is 9.36 Å². The number of aromatic nitrogens is 3. The molecular weight excluding hydrogens is 276 g/mol. The summed E-state index contributed by atoms with van der Waals surface area (Å²) in [6.45, 7) is 0. The van der Waals surface area contributed by atoms with Crippen LogP contribution in [0.3, 0.4) is 0 Å². The summed E-state index contributed by atoms with van der Waals surface area (Å²) in [5, 5.41) is 2.93. The topological polar surface area (TPSA) is 59.8 Å². The number of nitrogens with zero attached hydrogens (tertiary/aromatic N) is 3. The Morgan fingerprint density at radius 1 is 1.27 bits per heavy atom. The molecule has 1 fully saturated rings. The van der Waals surface area contributed by atoms with Gasteiger partial charge in [-0.05, 0) is 24.5 Å². The first-order valence-electron chi connectivity index (χ1n) is 8.05. The van der Waals surface area contributed by atoms with Crippen molar-refractivity contribution in [1.82, 2.24) is 14.5 Å². The molecule has 2 aromatic heterocycles. The summed E-state index contributed by atoms with van der Waals surface area (Å²) < 4.78 is 1.83. The van der Waals surface area contributed by atoms with Crippen LogP contribution in [-0.4, -0.2) is 20.4 Å². The maximum atomic E-state index is 12.0. The fourth-order valence-electron chi connectivity index (χ4n) is 3.04. The lowest BCUT2D eigenvalue weighted by Gasteiger charge is -2.20. The van der Waals surface area contributed by atoms with Gasteiger partial charge in [0.1, 0.15) is 12.1 Å². The number of rotatable bonds is 5. The van der Waals surface area contributed by atoms with Gasteiger partial charge in [0, 0.05) is 18.8 Å². The molecule has 0 radical (unpaired) electrons. The minimum atomic E-state index is 0.0859. The highest BCUT2D eigenvalue weighted by Crippen LogP contribution is 2.27. The molecule has 1 N–H and O–H groups in total. The van der Waals surface area contributed by atoms with Crippen molar-refractivity contribution in [3.63, 3.8) is 0 Å². The van der Waals surface area contributed by atoms with Crippen molar-refractivity contribution in [2.24, 2.45) is 5.92 Å². The highest BCUT2D eigenvalue weighted by atomic mass is 16.1. The summed E-state index contributed by atoms with van der Waals surface area (Å²) in [6.07, 6.45) is 15.1. The Labute approximate surface area is 130 Å². The van der Waals surface area contributed by atoms with Crippen molar-refractivity contribution in [2.45, 2.75) is 44.9 Å².